The molecule has 0 spiro atoms. The van der Waals surface area contributed by atoms with Gasteiger partial charge in [0, 0.05) is 63.7 Å². The summed E-state index contributed by atoms with van der Waals surface area (Å²) in [6.07, 6.45) is 6.51. The molecule has 1 unspecified atom stereocenters. The summed E-state index contributed by atoms with van der Waals surface area (Å²) in [5, 5.41) is 0.764. The average molecular weight is 459 g/mol. The Kier molecular flexibility index (Phi) is 7.79. The van der Waals surface area contributed by atoms with Crippen LogP contribution in [-0.2, 0) is 22.5 Å². The molecule has 2 saturated heterocycles. The van der Waals surface area contributed by atoms with Crippen LogP contribution in [0.1, 0.15) is 38.1 Å². The molecule has 0 amide bonds. The minimum Gasteiger partial charge on any atom is -0.375 e. The zero-order valence-corrected chi connectivity index (χ0v) is 20.1. The van der Waals surface area contributed by atoms with Crippen molar-refractivity contribution in [2.75, 3.05) is 45.9 Å². The Labute approximate surface area is 196 Å². The van der Waals surface area contributed by atoms with Gasteiger partial charge in [0.1, 0.15) is 0 Å². The van der Waals surface area contributed by atoms with Crippen LogP contribution in [0.2, 0.25) is 5.02 Å². The second-order valence-corrected chi connectivity index (χ2v) is 9.99. The number of nitrogens with zero attached hydrogens (tertiary/aromatic N) is 4. The van der Waals surface area contributed by atoms with Crippen LogP contribution in [0.5, 0.6) is 0 Å². The number of hydrogen-bond donors (Lipinski definition) is 0. The van der Waals surface area contributed by atoms with E-state index in [0.717, 1.165) is 75.0 Å². The molecule has 0 bridgehead atoms. The lowest BCUT2D eigenvalue weighted by molar-refractivity contribution is -0.149. The summed E-state index contributed by atoms with van der Waals surface area (Å²) in [6.45, 7) is 11.6. The monoisotopic (exact) mass is 458 g/mol. The molecule has 2 aromatic heterocycles. The first-order valence-corrected chi connectivity index (χ1v) is 12.0. The van der Waals surface area contributed by atoms with Gasteiger partial charge in [-0.25, -0.2) is 0 Å². The van der Waals surface area contributed by atoms with Crippen LogP contribution in [0.25, 0.3) is 0 Å². The summed E-state index contributed by atoms with van der Waals surface area (Å²) in [5.74, 6) is 0. The van der Waals surface area contributed by atoms with Crippen molar-refractivity contribution in [3.05, 3.63) is 59.1 Å². The molecule has 0 saturated carbocycles. The Morgan fingerprint density at radius 3 is 2.59 bits per heavy atom. The van der Waals surface area contributed by atoms with Crippen molar-refractivity contribution in [2.45, 2.75) is 50.9 Å². The fourth-order valence-electron chi connectivity index (χ4n) is 5.07. The van der Waals surface area contributed by atoms with E-state index in [-0.39, 0.29) is 11.1 Å². The van der Waals surface area contributed by atoms with Crippen LogP contribution in [0, 0.1) is 0 Å². The van der Waals surface area contributed by atoms with Crippen molar-refractivity contribution in [3.63, 3.8) is 0 Å². The van der Waals surface area contributed by atoms with E-state index in [4.69, 9.17) is 21.1 Å². The fraction of sp³-hybridized carbons (Fsp3) is 0.600. The van der Waals surface area contributed by atoms with Crippen LogP contribution >= 0.6 is 11.6 Å². The number of rotatable bonds is 8. The Bertz CT molecular complexity index is 858. The minimum atomic E-state index is -0.139. The number of halogens is 1. The third-order valence-corrected chi connectivity index (χ3v) is 7.05. The van der Waals surface area contributed by atoms with E-state index < -0.39 is 0 Å². The van der Waals surface area contributed by atoms with Gasteiger partial charge in [-0.3, -0.25) is 14.9 Å². The second-order valence-electron chi connectivity index (χ2n) is 9.58. The maximum absolute atomic E-state index is 6.28. The summed E-state index contributed by atoms with van der Waals surface area (Å²) in [5.41, 5.74) is 1.83. The number of piperazine rings is 1. The van der Waals surface area contributed by atoms with Gasteiger partial charge in [-0.2, -0.15) is 0 Å². The van der Waals surface area contributed by atoms with E-state index in [1.807, 2.05) is 42.7 Å². The molecule has 4 rings (SSSR count). The first kappa shape index (κ1) is 23.6. The predicted octanol–water partition coefficient (Wildman–Crippen LogP) is 3.83. The first-order chi connectivity index (χ1) is 15.5. The van der Waals surface area contributed by atoms with E-state index in [0.29, 0.717) is 13.2 Å². The molecule has 2 aromatic rings. The molecule has 2 fully saturated rings. The molecule has 0 radical (unpaired) electrons. The van der Waals surface area contributed by atoms with Gasteiger partial charge in [-0.05, 0) is 51.0 Å². The molecular weight excluding hydrogens is 424 g/mol. The maximum Gasteiger partial charge on any atom is 0.0888 e. The highest BCUT2D eigenvalue weighted by Crippen LogP contribution is 2.37. The first-order valence-electron chi connectivity index (χ1n) is 11.6. The third kappa shape index (κ3) is 6.06. The van der Waals surface area contributed by atoms with E-state index >= 15 is 0 Å². The van der Waals surface area contributed by atoms with E-state index in [9.17, 15) is 0 Å². The number of hydrogen-bond acceptors (Lipinski definition) is 6. The summed E-state index contributed by atoms with van der Waals surface area (Å²) >= 11 is 6.28. The predicted molar refractivity (Wildman–Crippen MR) is 127 cm³/mol. The molecule has 0 aliphatic carbocycles. The molecular formula is C25H35ClN4O2. The highest BCUT2D eigenvalue weighted by atomic mass is 35.5. The van der Waals surface area contributed by atoms with Gasteiger partial charge in [0.15, 0.2) is 0 Å². The standard InChI is InChI=1S/C25H35ClN4O2/c1-24(2)19-25(9-17-32-24,20-31-18-21-6-3-4-10-27-21)30-15-13-29(14-16-30)12-8-23-22(26)7-5-11-28-23/h3-7,10-11H,8-9,12-20H2,1-2H3. The smallest absolute Gasteiger partial charge is 0.0888 e. The van der Waals surface area contributed by atoms with E-state index in [1.165, 1.54) is 0 Å². The molecule has 6 nitrogen and oxygen atoms in total. The Morgan fingerprint density at radius 1 is 1.06 bits per heavy atom. The van der Waals surface area contributed by atoms with Gasteiger partial charge >= 0.3 is 0 Å². The number of ether oxygens (including phenoxy) is 2. The Balaban J connectivity index is 1.35. The lowest BCUT2D eigenvalue weighted by atomic mass is 9.80. The molecule has 0 N–H and O–H groups in total. The van der Waals surface area contributed by atoms with Crippen LogP contribution < -0.4 is 0 Å². The molecule has 32 heavy (non-hydrogen) atoms. The van der Waals surface area contributed by atoms with Gasteiger partial charge in [-0.15, -0.1) is 0 Å². The second kappa shape index (κ2) is 10.6. The minimum absolute atomic E-state index is 0.00686. The Morgan fingerprint density at radius 2 is 1.88 bits per heavy atom. The number of pyridine rings is 2. The third-order valence-electron chi connectivity index (χ3n) is 6.70. The van der Waals surface area contributed by atoms with Crippen LogP contribution in [0.15, 0.2) is 42.7 Å². The number of aromatic nitrogens is 2. The Hall–Kier alpha value is -1.57. The van der Waals surface area contributed by atoms with Gasteiger partial charge in [-0.1, -0.05) is 17.7 Å². The summed E-state index contributed by atoms with van der Waals surface area (Å²) in [7, 11) is 0. The molecule has 4 heterocycles. The molecule has 2 aliphatic heterocycles. The molecule has 174 valence electrons. The van der Waals surface area contributed by atoms with Gasteiger partial charge in [0.25, 0.3) is 0 Å². The van der Waals surface area contributed by atoms with Crippen molar-refractivity contribution >= 4 is 11.6 Å². The van der Waals surface area contributed by atoms with E-state index in [2.05, 4.69) is 33.6 Å². The van der Waals surface area contributed by atoms with Crippen LogP contribution in [0.4, 0.5) is 0 Å². The van der Waals surface area contributed by atoms with Crippen molar-refractivity contribution in [1.29, 1.82) is 0 Å². The normalized spacial score (nSPS) is 24.5. The van der Waals surface area contributed by atoms with Crippen molar-refractivity contribution in [3.8, 4) is 0 Å². The quantitative estimate of drug-likeness (QED) is 0.599. The molecule has 0 aromatic carbocycles. The topological polar surface area (TPSA) is 50.7 Å². The van der Waals surface area contributed by atoms with Crippen LogP contribution in [0.3, 0.4) is 0 Å². The lowest BCUT2D eigenvalue weighted by Crippen LogP contribution is -2.63. The van der Waals surface area contributed by atoms with Crippen molar-refractivity contribution in [1.82, 2.24) is 19.8 Å². The van der Waals surface area contributed by atoms with Gasteiger partial charge in [0.2, 0.25) is 0 Å². The van der Waals surface area contributed by atoms with Crippen LogP contribution in [-0.4, -0.2) is 76.8 Å². The largest absolute Gasteiger partial charge is 0.375 e. The van der Waals surface area contributed by atoms with E-state index in [1.54, 1.807) is 0 Å². The van der Waals surface area contributed by atoms with Gasteiger partial charge < -0.3 is 14.4 Å². The highest BCUT2D eigenvalue weighted by molar-refractivity contribution is 6.31. The SMILES string of the molecule is CC1(C)CC(COCc2ccccn2)(N2CCN(CCc3ncccc3Cl)CC2)CCO1. The summed E-state index contributed by atoms with van der Waals surface area (Å²) in [4.78, 5) is 14.0. The lowest BCUT2D eigenvalue weighted by Gasteiger charge is -2.53. The molecule has 2 aliphatic rings. The van der Waals surface area contributed by atoms with Crippen molar-refractivity contribution in [2.24, 2.45) is 0 Å². The summed E-state index contributed by atoms with van der Waals surface area (Å²) in [6, 6.07) is 9.77. The fourth-order valence-corrected chi connectivity index (χ4v) is 5.29. The maximum atomic E-state index is 6.28. The molecule has 1 atom stereocenters. The zero-order chi connectivity index (χ0) is 22.4. The zero-order valence-electron chi connectivity index (χ0n) is 19.3. The molecule has 7 heteroatoms. The summed E-state index contributed by atoms with van der Waals surface area (Å²) < 4.78 is 12.3. The average Bonchev–Trinajstić information content (AvgIpc) is 2.79. The highest BCUT2D eigenvalue weighted by Gasteiger charge is 2.46. The van der Waals surface area contributed by atoms with Gasteiger partial charge in [0.05, 0.1) is 35.2 Å². The van der Waals surface area contributed by atoms with Crippen molar-refractivity contribution < 1.29 is 9.47 Å².